The van der Waals surface area contributed by atoms with Gasteiger partial charge < -0.3 is 15.4 Å². The molecule has 0 aromatic carbocycles. The van der Waals surface area contributed by atoms with Crippen LogP contribution in [0.15, 0.2) is 18.3 Å². The highest BCUT2D eigenvalue weighted by atomic mass is 16.5. The molecule has 0 bridgehead atoms. The van der Waals surface area contributed by atoms with Gasteiger partial charge in [-0.2, -0.15) is 0 Å². The third kappa shape index (κ3) is 3.17. The van der Waals surface area contributed by atoms with Gasteiger partial charge in [0, 0.05) is 12.2 Å². The Morgan fingerprint density at radius 2 is 2.29 bits per heavy atom. The number of carbonyl (C=O) groups excluding carboxylic acids is 1. The smallest absolute Gasteiger partial charge is 0.338 e. The molecule has 2 N–H and O–H groups in total. The van der Waals surface area contributed by atoms with E-state index in [0.717, 1.165) is 31.7 Å². The minimum absolute atomic E-state index is 0.333. The Morgan fingerprint density at radius 3 is 3.00 bits per heavy atom. The average Bonchev–Trinajstić information content (AvgIpc) is 2.39. The van der Waals surface area contributed by atoms with Gasteiger partial charge in [-0.25, -0.2) is 9.78 Å². The van der Waals surface area contributed by atoms with Crippen molar-refractivity contribution in [1.29, 1.82) is 0 Å². The van der Waals surface area contributed by atoms with Crippen molar-refractivity contribution >= 4 is 11.8 Å². The van der Waals surface area contributed by atoms with Gasteiger partial charge in [-0.1, -0.05) is 0 Å². The van der Waals surface area contributed by atoms with Crippen LogP contribution < -0.4 is 10.6 Å². The molecule has 1 saturated heterocycles. The second kappa shape index (κ2) is 5.63. The number of ether oxygens (including phenoxy) is 1. The third-order valence-corrected chi connectivity index (χ3v) is 2.87. The van der Waals surface area contributed by atoms with E-state index < -0.39 is 0 Å². The summed E-state index contributed by atoms with van der Waals surface area (Å²) in [6.07, 6.45) is 3.77. The molecule has 1 aromatic heterocycles. The fraction of sp³-hybridized carbons (Fsp3) is 0.500. The second-order valence-corrected chi connectivity index (χ2v) is 4.09. The SMILES string of the molecule is COC(=O)c1ccnc(NC2CCNCC2)c1. The second-order valence-electron chi connectivity index (χ2n) is 4.09. The number of carbonyl (C=O) groups is 1. The molecule has 0 atom stereocenters. The maximum Gasteiger partial charge on any atom is 0.338 e. The Hall–Kier alpha value is -1.62. The molecule has 1 aliphatic rings. The lowest BCUT2D eigenvalue weighted by molar-refractivity contribution is 0.0600. The summed E-state index contributed by atoms with van der Waals surface area (Å²) >= 11 is 0. The van der Waals surface area contributed by atoms with Crippen molar-refractivity contribution in [3.8, 4) is 0 Å². The molecule has 17 heavy (non-hydrogen) atoms. The van der Waals surface area contributed by atoms with Gasteiger partial charge in [0.2, 0.25) is 0 Å². The zero-order valence-corrected chi connectivity index (χ0v) is 9.90. The lowest BCUT2D eigenvalue weighted by Crippen LogP contribution is -2.35. The normalized spacial score (nSPS) is 16.5. The molecule has 1 aromatic rings. The number of aromatic nitrogens is 1. The molecule has 1 aliphatic heterocycles. The number of hydrogen-bond acceptors (Lipinski definition) is 5. The molecular formula is C12H17N3O2. The third-order valence-electron chi connectivity index (χ3n) is 2.87. The molecule has 0 saturated carbocycles. The Labute approximate surface area is 101 Å². The van der Waals surface area contributed by atoms with E-state index in [0.29, 0.717) is 11.6 Å². The van der Waals surface area contributed by atoms with Crippen molar-refractivity contribution in [3.05, 3.63) is 23.9 Å². The number of pyridine rings is 1. The Balaban J connectivity index is 2.02. The van der Waals surface area contributed by atoms with E-state index in [4.69, 9.17) is 0 Å². The van der Waals surface area contributed by atoms with E-state index in [1.165, 1.54) is 7.11 Å². The zero-order chi connectivity index (χ0) is 12.1. The highest BCUT2D eigenvalue weighted by molar-refractivity contribution is 5.89. The van der Waals surface area contributed by atoms with Gasteiger partial charge in [-0.05, 0) is 38.1 Å². The summed E-state index contributed by atoms with van der Waals surface area (Å²) in [5.74, 6) is 0.403. The maximum atomic E-state index is 11.4. The van der Waals surface area contributed by atoms with E-state index in [1.807, 2.05) is 0 Å². The molecule has 1 fully saturated rings. The topological polar surface area (TPSA) is 63.2 Å². The van der Waals surface area contributed by atoms with Crippen LogP contribution in [0.2, 0.25) is 0 Å². The van der Waals surface area contributed by atoms with Crippen molar-refractivity contribution in [2.24, 2.45) is 0 Å². The van der Waals surface area contributed by atoms with Crippen molar-refractivity contribution in [2.45, 2.75) is 18.9 Å². The predicted molar refractivity (Wildman–Crippen MR) is 65.1 cm³/mol. The number of nitrogens with zero attached hydrogens (tertiary/aromatic N) is 1. The van der Waals surface area contributed by atoms with Crippen LogP contribution in [-0.2, 0) is 4.74 Å². The maximum absolute atomic E-state index is 11.4. The number of nitrogens with one attached hydrogen (secondary N) is 2. The number of rotatable bonds is 3. The quantitative estimate of drug-likeness (QED) is 0.766. The lowest BCUT2D eigenvalue weighted by Gasteiger charge is -2.24. The molecule has 0 aliphatic carbocycles. The van der Waals surface area contributed by atoms with Gasteiger partial charge in [-0.3, -0.25) is 0 Å². The molecular weight excluding hydrogens is 218 g/mol. The Kier molecular flexibility index (Phi) is 3.93. The molecule has 5 nitrogen and oxygen atoms in total. The first-order chi connectivity index (χ1) is 8.29. The molecule has 2 heterocycles. The van der Waals surface area contributed by atoms with Crippen molar-refractivity contribution < 1.29 is 9.53 Å². The highest BCUT2D eigenvalue weighted by Gasteiger charge is 2.14. The monoisotopic (exact) mass is 235 g/mol. The molecule has 2 rings (SSSR count). The number of anilines is 1. The number of methoxy groups -OCH3 is 1. The summed E-state index contributed by atoms with van der Waals surface area (Å²) < 4.78 is 4.68. The largest absolute Gasteiger partial charge is 0.465 e. The molecule has 0 spiro atoms. The van der Waals surface area contributed by atoms with Crippen molar-refractivity contribution in [2.75, 3.05) is 25.5 Å². The minimum Gasteiger partial charge on any atom is -0.465 e. The van der Waals surface area contributed by atoms with Crippen LogP contribution in [0.25, 0.3) is 0 Å². The molecule has 5 heteroatoms. The first kappa shape index (κ1) is 11.9. The van der Waals surface area contributed by atoms with Gasteiger partial charge in [0.15, 0.2) is 0 Å². The van der Waals surface area contributed by atoms with Crippen molar-refractivity contribution in [1.82, 2.24) is 10.3 Å². The van der Waals surface area contributed by atoms with Crippen LogP contribution in [0.3, 0.4) is 0 Å². The molecule has 0 amide bonds. The lowest BCUT2D eigenvalue weighted by atomic mass is 10.1. The fourth-order valence-electron chi connectivity index (χ4n) is 1.93. The van der Waals surface area contributed by atoms with E-state index in [2.05, 4.69) is 20.4 Å². The predicted octanol–water partition coefficient (Wildman–Crippen LogP) is 1.03. The number of esters is 1. The highest BCUT2D eigenvalue weighted by Crippen LogP contribution is 2.13. The standard InChI is InChI=1S/C12H17N3O2/c1-17-12(16)9-2-7-14-11(8-9)15-10-3-5-13-6-4-10/h2,7-8,10,13H,3-6H2,1H3,(H,14,15). The molecule has 92 valence electrons. The van der Waals surface area contributed by atoms with Crippen LogP contribution in [0.5, 0.6) is 0 Å². The van der Waals surface area contributed by atoms with Crippen molar-refractivity contribution in [3.63, 3.8) is 0 Å². The summed E-state index contributed by atoms with van der Waals surface area (Å²) in [7, 11) is 1.38. The first-order valence-electron chi connectivity index (χ1n) is 5.81. The van der Waals surface area contributed by atoms with E-state index in [9.17, 15) is 4.79 Å². The van der Waals surface area contributed by atoms with E-state index in [-0.39, 0.29) is 5.97 Å². The Bertz CT molecular complexity index is 389. The fourth-order valence-corrected chi connectivity index (χ4v) is 1.93. The van der Waals surface area contributed by atoms with Gasteiger partial charge in [0.05, 0.1) is 12.7 Å². The summed E-state index contributed by atoms with van der Waals surface area (Å²) in [6.45, 7) is 2.04. The van der Waals surface area contributed by atoms with Crippen LogP contribution >= 0.6 is 0 Å². The van der Waals surface area contributed by atoms with Crippen LogP contribution in [0.4, 0.5) is 5.82 Å². The zero-order valence-electron chi connectivity index (χ0n) is 9.90. The van der Waals surface area contributed by atoms with Crippen LogP contribution in [-0.4, -0.2) is 37.2 Å². The van der Waals surface area contributed by atoms with Crippen LogP contribution in [0.1, 0.15) is 23.2 Å². The summed E-state index contributed by atoms with van der Waals surface area (Å²) in [5.41, 5.74) is 0.527. The van der Waals surface area contributed by atoms with E-state index >= 15 is 0 Å². The first-order valence-corrected chi connectivity index (χ1v) is 5.81. The number of hydrogen-bond donors (Lipinski definition) is 2. The minimum atomic E-state index is -0.333. The van der Waals surface area contributed by atoms with Gasteiger partial charge in [0.25, 0.3) is 0 Å². The summed E-state index contributed by atoms with van der Waals surface area (Å²) in [5, 5.41) is 6.65. The average molecular weight is 235 g/mol. The summed E-state index contributed by atoms with van der Waals surface area (Å²) in [6, 6.07) is 3.81. The molecule has 0 radical (unpaired) electrons. The van der Waals surface area contributed by atoms with E-state index in [1.54, 1.807) is 18.3 Å². The van der Waals surface area contributed by atoms with Gasteiger partial charge in [0.1, 0.15) is 5.82 Å². The summed E-state index contributed by atoms with van der Waals surface area (Å²) in [4.78, 5) is 15.6. The van der Waals surface area contributed by atoms with Crippen LogP contribution in [0, 0.1) is 0 Å². The van der Waals surface area contributed by atoms with Gasteiger partial charge >= 0.3 is 5.97 Å². The Morgan fingerprint density at radius 1 is 1.53 bits per heavy atom. The van der Waals surface area contributed by atoms with Gasteiger partial charge in [-0.15, -0.1) is 0 Å². The molecule has 0 unspecified atom stereocenters. The number of piperidine rings is 1.